The standard InChI is InChI=1S/C19H21NO/c1-13(2)14-8-10-16(11-9-14)20-19(21)18-12-17(18)15-6-4-3-5-7-15/h3-11,13,17-18H,12H2,1-2H3,(H,20,21)/t17-,18+/m1/s1. The maximum absolute atomic E-state index is 12.3. The van der Waals surface area contributed by atoms with Crippen molar-refractivity contribution in [1.82, 2.24) is 0 Å². The van der Waals surface area contributed by atoms with Gasteiger partial charge < -0.3 is 5.32 Å². The first-order valence-electron chi connectivity index (χ1n) is 7.61. The Morgan fingerprint density at radius 2 is 1.71 bits per heavy atom. The van der Waals surface area contributed by atoms with Crippen LogP contribution >= 0.6 is 0 Å². The Morgan fingerprint density at radius 3 is 2.33 bits per heavy atom. The van der Waals surface area contributed by atoms with Gasteiger partial charge in [-0.15, -0.1) is 0 Å². The summed E-state index contributed by atoms with van der Waals surface area (Å²) in [6.07, 6.45) is 0.958. The summed E-state index contributed by atoms with van der Waals surface area (Å²) in [6, 6.07) is 18.5. The molecule has 1 aliphatic carbocycles. The van der Waals surface area contributed by atoms with Crippen molar-refractivity contribution in [2.24, 2.45) is 5.92 Å². The Morgan fingerprint density at radius 1 is 1.05 bits per heavy atom. The van der Waals surface area contributed by atoms with Crippen LogP contribution in [0.3, 0.4) is 0 Å². The van der Waals surface area contributed by atoms with Gasteiger partial charge in [0.2, 0.25) is 5.91 Å². The highest BCUT2D eigenvalue weighted by molar-refractivity contribution is 5.95. The van der Waals surface area contributed by atoms with Gasteiger partial charge in [-0.2, -0.15) is 0 Å². The summed E-state index contributed by atoms with van der Waals surface area (Å²) >= 11 is 0. The normalized spacial score (nSPS) is 20.3. The van der Waals surface area contributed by atoms with Gasteiger partial charge in [-0.1, -0.05) is 56.3 Å². The number of benzene rings is 2. The molecule has 1 aliphatic rings. The molecule has 21 heavy (non-hydrogen) atoms. The maximum Gasteiger partial charge on any atom is 0.228 e. The van der Waals surface area contributed by atoms with E-state index in [-0.39, 0.29) is 11.8 Å². The summed E-state index contributed by atoms with van der Waals surface area (Å²) in [4.78, 5) is 12.3. The smallest absolute Gasteiger partial charge is 0.228 e. The van der Waals surface area contributed by atoms with Gasteiger partial charge in [0.15, 0.2) is 0 Å². The number of hydrogen-bond donors (Lipinski definition) is 1. The zero-order valence-corrected chi connectivity index (χ0v) is 12.5. The van der Waals surface area contributed by atoms with Crippen LogP contribution in [-0.2, 0) is 4.79 Å². The number of carbonyl (C=O) groups is 1. The van der Waals surface area contributed by atoms with Crippen LogP contribution in [0.5, 0.6) is 0 Å². The molecule has 2 nitrogen and oxygen atoms in total. The van der Waals surface area contributed by atoms with Crippen LogP contribution in [0.15, 0.2) is 54.6 Å². The lowest BCUT2D eigenvalue weighted by atomic mass is 10.0. The minimum Gasteiger partial charge on any atom is -0.326 e. The van der Waals surface area contributed by atoms with E-state index in [1.165, 1.54) is 11.1 Å². The predicted octanol–water partition coefficient (Wildman–Crippen LogP) is 4.55. The predicted molar refractivity (Wildman–Crippen MR) is 86.5 cm³/mol. The topological polar surface area (TPSA) is 29.1 Å². The van der Waals surface area contributed by atoms with Crippen LogP contribution in [-0.4, -0.2) is 5.91 Å². The monoisotopic (exact) mass is 279 g/mol. The zero-order valence-electron chi connectivity index (χ0n) is 12.5. The molecular formula is C19H21NO. The molecule has 1 fully saturated rings. The fourth-order valence-electron chi connectivity index (χ4n) is 2.74. The lowest BCUT2D eigenvalue weighted by Crippen LogP contribution is -2.14. The third-order valence-corrected chi connectivity index (χ3v) is 4.20. The molecule has 3 rings (SSSR count). The van der Waals surface area contributed by atoms with Gasteiger partial charge in [-0.05, 0) is 41.5 Å². The van der Waals surface area contributed by atoms with Gasteiger partial charge in [-0.3, -0.25) is 4.79 Å². The van der Waals surface area contributed by atoms with E-state index in [0.717, 1.165) is 12.1 Å². The van der Waals surface area contributed by atoms with E-state index < -0.39 is 0 Å². The molecule has 0 saturated heterocycles. The molecule has 1 saturated carbocycles. The molecule has 0 aliphatic heterocycles. The summed E-state index contributed by atoms with van der Waals surface area (Å²) in [5.74, 6) is 1.17. The molecule has 0 bridgehead atoms. The van der Waals surface area contributed by atoms with Crippen molar-refractivity contribution in [1.29, 1.82) is 0 Å². The fraction of sp³-hybridized carbons (Fsp3) is 0.316. The molecule has 2 atom stereocenters. The molecule has 0 unspecified atom stereocenters. The lowest BCUT2D eigenvalue weighted by Gasteiger charge is -2.08. The summed E-state index contributed by atoms with van der Waals surface area (Å²) < 4.78 is 0. The van der Waals surface area contributed by atoms with Crippen LogP contribution in [0.2, 0.25) is 0 Å². The average Bonchev–Trinajstić information content (AvgIpc) is 3.29. The molecule has 0 aromatic heterocycles. The Labute approximate surface area is 126 Å². The SMILES string of the molecule is CC(C)c1ccc(NC(=O)[C@H]2C[C@@H]2c2ccccc2)cc1. The second-order valence-corrected chi connectivity index (χ2v) is 6.13. The van der Waals surface area contributed by atoms with Crippen LogP contribution in [0.4, 0.5) is 5.69 Å². The van der Waals surface area contributed by atoms with Crippen molar-refractivity contribution in [3.8, 4) is 0 Å². The van der Waals surface area contributed by atoms with E-state index in [9.17, 15) is 4.79 Å². The molecule has 1 amide bonds. The number of rotatable bonds is 4. The Balaban J connectivity index is 1.60. The molecule has 2 aromatic carbocycles. The molecule has 2 aromatic rings. The summed E-state index contributed by atoms with van der Waals surface area (Å²) in [5, 5.41) is 3.03. The van der Waals surface area contributed by atoms with E-state index in [1.807, 2.05) is 30.3 Å². The average molecular weight is 279 g/mol. The van der Waals surface area contributed by atoms with Gasteiger partial charge in [0, 0.05) is 11.6 Å². The summed E-state index contributed by atoms with van der Waals surface area (Å²) in [6.45, 7) is 4.34. The third-order valence-electron chi connectivity index (χ3n) is 4.20. The molecule has 108 valence electrons. The van der Waals surface area contributed by atoms with Gasteiger partial charge in [0.05, 0.1) is 0 Å². The fourth-order valence-corrected chi connectivity index (χ4v) is 2.74. The van der Waals surface area contributed by atoms with Crippen molar-refractivity contribution < 1.29 is 4.79 Å². The van der Waals surface area contributed by atoms with Crippen molar-refractivity contribution in [3.63, 3.8) is 0 Å². The molecule has 2 heteroatoms. The molecule has 0 spiro atoms. The van der Waals surface area contributed by atoms with Crippen molar-refractivity contribution >= 4 is 11.6 Å². The zero-order chi connectivity index (χ0) is 14.8. The summed E-state index contributed by atoms with van der Waals surface area (Å²) in [5.41, 5.74) is 3.46. The van der Waals surface area contributed by atoms with Gasteiger partial charge in [0.1, 0.15) is 0 Å². The van der Waals surface area contributed by atoms with E-state index >= 15 is 0 Å². The van der Waals surface area contributed by atoms with Crippen LogP contribution < -0.4 is 5.32 Å². The number of anilines is 1. The minimum absolute atomic E-state index is 0.122. The third kappa shape index (κ3) is 3.15. The highest BCUT2D eigenvalue weighted by atomic mass is 16.2. The first-order valence-corrected chi connectivity index (χ1v) is 7.61. The van der Waals surface area contributed by atoms with Crippen molar-refractivity contribution in [2.75, 3.05) is 5.32 Å². The van der Waals surface area contributed by atoms with E-state index in [4.69, 9.17) is 0 Å². The van der Waals surface area contributed by atoms with Crippen molar-refractivity contribution in [2.45, 2.75) is 32.1 Å². The largest absolute Gasteiger partial charge is 0.326 e. The Hall–Kier alpha value is -2.09. The molecule has 1 N–H and O–H groups in total. The maximum atomic E-state index is 12.3. The van der Waals surface area contributed by atoms with Crippen LogP contribution in [0, 0.1) is 5.92 Å². The molecule has 0 radical (unpaired) electrons. The first kappa shape index (κ1) is 13.9. The van der Waals surface area contributed by atoms with Gasteiger partial charge in [0.25, 0.3) is 0 Å². The highest BCUT2D eigenvalue weighted by Gasteiger charge is 2.43. The first-order chi connectivity index (χ1) is 10.1. The van der Waals surface area contributed by atoms with E-state index in [1.54, 1.807) is 0 Å². The van der Waals surface area contributed by atoms with Crippen LogP contribution in [0.1, 0.15) is 43.2 Å². The number of carbonyl (C=O) groups excluding carboxylic acids is 1. The second-order valence-electron chi connectivity index (χ2n) is 6.13. The van der Waals surface area contributed by atoms with E-state index in [0.29, 0.717) is 11.8 Å². The van der Waals surface area contributed by atoms with E-state index in [2.05, 4.69) is 43.4 Å². The van der Waals surface area contributed by atoms with Gasteiger partial charge in [-0.25, -0.2) is 0 Å². The Kier molecular flexibility index (Phi) is 3.78. The van der Waals surface area contributed by atoms with Gasteiger partial charge >= 0.3 is 0 Å². The molecular weight excluding hydrogens is 258 g/mol. The lowest BCUT2D eigenvalue weighted by molar-refractivity contribution is -0.117. The number of nitrogens with one attached hydrogen (secondary N) is 1. The van der Waals surface area contributed by atoms with Crippen LogP contribution in [0.25, 0.3) is 0 Å². The minimum atomic E-state index is 0.122. The quantitative estimate of drug-likeness (QED) is 0.874. The summed E-state index contributed by atoms with van der Waals surface area (Å²) in [7, 11) is 0. The Bertz CT molecular complexity index is 616. The highest BCUT2D eigenvalue weighted by Crippen LogP contribution is 2.47. The van der Waals surface area contributed by atoms with Crippen molar-refractivity contribution in [3.05, 3.63) is 65.7 Å². The number of hydrogen-bond acceptors (Lipinski definition) is 1. The number of amides is 1. The molecule has 0 heterocycles. The second kappa shape index (κ2) is 5.72.